The van der Waals surface area contributed by atoms with E-state index in [0.29, 0.717) is 24.5 Å². The molecule has 2 N–H and O–H groups in total. The van der Waals surface area contributed by atoms with Gasteiger partial charge in [0.05, 0.1) is 17.3 Å². The molecule has 134 valence electrons. The highest BCUT2D eigenvalue weighted by atomic mass is 19.1. The fourth-order valence-electron chi connectivity index (χ4n) is 2.93. The number of carbonyl (C=O) groups is 1. The smallest absolute Gasteiger partial charge is 0.320 e. The standard InChI is InChI=1S/C20H21FN4O/c1-3-15-18(13-9-11-14(21)12-10-13)19(25-20(26)22-4-2)24-17-8-6-5-7-16(17)23-15/h5-12,18H,3-4H2,1-2H3,(H2,22,24,25,26)/t18-/m0/s1. The van der Waals surface area contributed by atoms with E-state index in [4.69, 9.17) is 4.99 Å². The molecule has 5 nitrogen and oxygen atoms in total. The van der Waals surface area contributed by atoms with E-state index in [-0.39, 0.29) is 17.8 Å². The molecule has 0 fully saturated rings. The van der Waals surface area contributed by atoms with Crippen molar-refractivity contribution in [3.05, 3.63) is 59.9 Å². The summed E-state index contributed by atoms with van der Waals surface area (Å²) in [5.74, 6) is -0.181. The first-order valence-corrected chi connectivity index (χ1v) is 8.67. The Morgan fingerprint density at radius 1 is 1.04 bits per heavy atom. The van der Waals surface area contributed by atoms with Crippen LogP contribution in [0.2, 0.25) is 0 Å². The molecule has 1 heterocycles. The summed E-state index contributed by atoms with van der Waals surface area (Å²) in [7, 11) is 0. The second kappa shape index (κ2) is 7.91. The van der Waals surface area contributed by atoms with Crippen LogP contribution in [-0.4, -0.2) is 24.1 Å². The number of rotatable bonds is 3. The minimum absolute atomic E-state index is 0.309. The van der Waals surface area contributed by atoms with Gasteiger partial charge in [0.1, 0.15) is 11.7 Å². The number of hydrogen-bond acceptors (Lipinski definition) is 3. The quantitative estimate of drug-likeness (QED) is 0.842. The lowest BCUT2D eigenvalue weighted by Crippen LogP contribution is -2.43. The Labute approximate surface area is 152 Å². The molecule has 26 heavy (non-hydrogen) atoms. The molecule has 2 aromatic rings. The second-order valence-corrected chi connectivity index (χ2v) is 5.91. The van der Waals surface area contributed by atoms with Gasteiger partial charge in [-0.05, 0) is 43.2 Å². The number of amides is 2. The van der Waals surface area contributed by atoms with Gasteiger partial charge in [-0.1, -0.05) is 31.2 Å². The lowest BCUT2D eigenvalue weighted by Gasteiger charge is -2.20. The zero-order valence-corrected chi connectivity index (χ0v) is 14.8. The number of halogens is 1. The summed E-state index contributed by atoms with van der Waals surface area (Å²) in [5, 5.41) is 5.57. The molecule has 2 amide bonds. The monoisotopic (exact) mass is 352 g/mol. The van der Waals surface area contributed by atoms with Crippen LogP contribution in [0, 0.1) is 5.82 Å². The molecule has 1 aliphatic rings. The van der Waals surface area contributed by atoms with Gasteiger partial charge >= 0.3 is 6.03 Å². The van der Waals surface area contributed by atoms with Gasteiger partial charge in [0.25, 0.3) is 0 Å². The molecule has 0 aliphatic carbocycles. The second-order valence-electron chi connectivity index (χ2n) is 5.91. The van der Waals surface area contributed by atoms with Crippen molar-refractivity contribution in [2.45, 2.75) is 26.2 Å². The van der Waals surface area contributed by atoms with Crippen LogP contribution in [-0.2, 0) is 0 Å². The van der Waals surface area contributed by atoms with Crippen LogP contribution in [0.3, 0.4) is 0 Å². The van der Waals surface area contributed by atoms with E-state index >= 15 is 0 Å². The Morgan fingerprint density at radius 2 is 1.69 bits per heavy atom. The SMILES string of the molecule is CCNC(=O)NC1=Nc2ccccc2N=C(CC)[C@@H]1c1ccc(F)cc1. The number of benzene rings is 2. The average Bonchev–Trinajstić information content (AvgIpc) is 2.79. The number of carbonyl (C=O) groups excluding carboxylic acids is 1. The first-order chi connectivity index (χ1) is 12.6. The van der Waals surface area contributed by atoms with Gasteiger partial charge in [0.2, 0.25) is 0 Å². The van der Waals surface area contributed by atoms with E-state index in [9.17, 15) is 9.18 Å². The summed E-state index contributed by atoms with van der Waals surface area (Å²) >= 11 is 0. The number of para-hydroxylation sites is 2. The lowest BCUT2D eigenvalue weighted by atomic mass is 9.91. The number of aliphatic imine (C=N–C) groups is 2. The fourth-order valence-corrected chi connectivity index (χ4v) is 2.93. The predicted octanol–water partition coefficient (Wildman–Crippen LogP) is 4.45. The van der Waals surface area contributed by atoms with Gasteiger partial charge in [-0.15, -0.1) is 0 Å². The molecule has 0 spiro atoms. The van der Waals surface area contributed by atoms with Crippen molar-refractivity contribution < 1.29 is 9.18 Å². The Morgan fingerprint density at radius 3 is 2.31 bits per heavy atom. The Bertz CT molecular complexity index is 858. The summed E-state index contributed by atoms with van der Waals surface area (Å²) < 4.78 is 13.4. The summed E-state index contributed by atoms with van der Waals surface area (Å²) in [6.07, 6.45) is 0.673. The van der Waals surface area contributed by atoms with Crippen molar-refractivity contribution >= 4 is 29.0 Å². The van der Waals surface area contributed by atoms with E-state index in [2.05, 4.69) is 15.6 Å². The van der Waals surface area contributed by atoms with E-state index < -0.39 is 0 Å². The Kier molecular flexibility index (Phi) is 5.41. The van der Waals surface area contributed by atoms with Crippen LogP contribution in [0.25, 0.3) is 0 Å². The molecular formula is C20H21FN4O. The third-order valence-electron chi connectivity index (χ3n) is 4.14. The molecule has 2 aromatic carbocycles. The molecule has 0 bridgehead atoms. The maximum absolute atomic E-state index is 13.4. The number of amidine groups is 1. The molecule has 1 aliphatic heterocycles. The predicted molar refractivity (Wildman–Crippen MR) is 102 cm³/mol. The molecule has 6 heteroatoms. The molecule has 0 saturated heterocycles. The van der Waals surface area contributed by atoms with Crippen molar-refractivity contribution in [3.63, 3.8) is 0 Å². The largest absolute Gasteiger partial charge is 0.338 e. The normalized spacial score (nSPS) is 16.0. The van der Waals surface area contributed by atoms with Gasteiger partial charge in [-0.3, -0.25) is 10.3 Å². The highest BCUT2D eigenvalue weighted by Crippen LogP contribution is 2.35. The van der Waals surface area contributed by atoms with Gasteiger partial charge in [-0.25, -0.2) is 14.2 Å². The van der Waals surface area contributed by atoms with Gasteiger partial charge in [0.15, 0.2) is 0 Å². The maximum Gasteiger partial charge on any atom is 0.320 e. The molecular weight excluding hydrogens is 331 g/mol. The van der Waals surface area contributed by atoms with Crippen molar-refractivity contribution in [1.82, 2.24) is 10.6 Å². The first-order valence-electron chi connectivity index (χ1n) is 8.67. The molecule has 1 atom stereocenters. The highest BCUT2D eigenvalue weighted by Gasteiger charge is 2.27. The van der Waals surface area contributed by atoms with Gasteiger partial charge < -0.3 is 5.32 Å². The third-order valence-corrected chi connectivity index (χ3v) is 4.14. The van der Waals surface area contributed by atoms with Crippen LogP contribution in [0.4, 0.5) is 20.6 Å². The minimum atomic E-state index is -0.351. The fraction of sp³-hybridized carbons (Fsp3) is 0.250. The van der Waals surface area contributed by atoms with E-state index in [1.165, 1.54) is 12.1 Å². The zero-order chi connectivity index (χ0) is 18.5. The topological polar surface area (TPSA) is 65.8 Å². The maximum atomic E-state index is 13.4. The molecule has 0 unspecified atom stereocenters. The summed E-state index contributed by atoms with van der Waals surface area (Å²) in [5.41, 5.74) is 3.13. The Hall–Kier alpha value is -3.02. The van der Waals surface area contributed by atoms with Crippen LogP contribution in [0.15, 0.2) is 58.5 Å². The number of hydrogen-bond donors (Lipinski definition) is 2. The van der Waals surface area contributed by atoms with Crippen molar-refractivity contribution in [1.29, 1.82) is 0 Å². The molecule has 0 aromatic heterocycles. The number of urea groups is 1. The number of fused-ring (bicyclic) bond motifs is 1. The van der Waals surface area contributed by atoms with Crippen LogP contribution >= 0.6 is 0 Å². The minimum Gasteiger partial charge on any atom is -0.338 e. The van der Waals surface area contributed by atoms with Crippen LogP contribution in [0.5, 0.6) is 0 Å². The summed E-state index contributed by atoms with van der Waals surface area (Å²) in [6, 6.07) is 13.4. The molecule has 0 radical (unpaired) electrons. The number of nitrogens with one attached hydrogen (secondary N) is 2. The van der Waals surface area contributed by atoms with Crippen LogP contribution in [0.1, 0.15) is 31.7 Å². The average molecular weight is 352 g/mol. The number of nitrogens with zero attached hydrogens (tertiary/aromatic N) is 2. The zero-order valence-electron chi connectivity index (χ0n) is 14.8. The van der Waals surface area contributed by atoms with Gasteiger partial charge in [0, 0.05) is 12.3 Å². The molecule has 0 saturated carbocycles. The van der Waals surface area contributed by atoms with Crippen molar-refractivity contribution in [2.75, 3.05) is 6.54 Å². The third kappa shape index (κ3) is 3.79. The molecule has 3 rings (SSSR count). The summed E-state index contributed by atoms with van der Waals surface area (Å²) in [4.78, 5) is 21.6. The first kappa shape index (κ1) is 17.8. The van der Waals surface area contributed by atoms with E-state index in [1.54, 1.807) is 12.1 Å². The van der Waals surface area contributed by atoms with Crippen LogP contribution < -0.4 is 10.6 Å². The Balaban J connectivity index is 2.13. The van der Waals surface area contributed by atoms with Gasteiger partial charge in [-0.2, -0.15) is 0 Å². The van der Waals surface area contributed by atoms with Crippen molar-refractivity contribution in [2.24, 2.45) is 9.98 Å². The van der Waals surface area contributed by atoms with E-state index in [1.807, 2.05) is 38.1 Å². The summed E-state index contributed by atoms with van der Waals surface area (Å²) in [6.45, 7) is 4.36. The lowest BCUT2D eigenvalue weighted by molar-refractivity contribution is 0.245. The van der Waals surface area contributed by atoms with Crippen molar-refractivity contribution in [3.8, 4) is 0 Å². The van der Waals surface area contributed by atoms with E-state index in [0.717, 1.165) is 17.0 Å². The highest BCUT2D eigenvalue weighted by molar-refractivity contribution is 6.17.